The van der Waals surface area contributed by atoms with Gasteiger partial charge in [-0.05, 0) is 37.0 Å². The molecular formula is C19H22N2O4. The zero-order valence-electron chi connectivity index (χ0n) is 14.6. The van der Waals surface area contributed by atoms with Crippen molar-refractivity contribution < 1.29 is 19.0 Å². The van der Waals surface area contributed by atoms with E-state index in [9.17, 15) is 4.79 Å². The Labute approximate surface area is 146 Å². The highest BCUT2D eigenvalue weighted by molar-refractivity contribution is 5.86. The molecule has 4 rings (SSSR count). The zero-order chi connectivity index (χ0) is 17.4. The molecule has 0 bridgehead atoms. The van der Waals surface area contributed by atoms with Gasteiger partial charge in [0.1, 0.15) is 0 Å². The van der Waals surface area contributed by atoms with E-state index in [2.05, 4.69) is 11.1 Å². The lowest BCUT2D eigenvalue weighted by Gasteiger charge is -2.16. The van der Waals surface area contributed by atoms with Gasteiger partial charge < -0.3 is 19.1 Å². The van der Waals surface area contributed by atoms with E-state index >= 15 is 0 Å². The predicted molar refractivity (Wildman–Crippen MR) is 92.9 cm³/mol. The van der Waals surface area contributed by atoms with Crippen molar-refractivity contribution in [1.82, 2.24) is 9.88 Å². The van der Waals surface area contributed by atoms with Crippen LogP contribution in [0, 0.1) is 12.8 Å². The molecule has 2 aliphatic heterocycles. The molecule has 0 spiro atoms. The largest absolute Gasteiger partial charge is 0.454 e. The smallest absolute Gasteiger partial charge is 0.231 e. The number of carbonyl (C=O) groups is 1. The fourth-order valence-electron chi connectivity index (χ4n) is 3.72. The Morgan fingerprint density at radius 2 is 2.08 bits per heavy atom. The Bertz CT molecular complexity index is 821. The monoisotopic (exact) mass is 342 g/mol. The van der Waals surface area contributed by atoms with Gasteiger partial charge >= 0.3 is 0 Å². The maximum absolute atomic E-state index is 12.2. The van der Waals surface area contributed by atoms with Gasteiger partial charge in [0.15, 0.2) is 11.5 Å². The van der Waals surface area contributed by atoms with Gasteiger partial charge in [-0.1, -0.05) is 0 Å². The maximum Gasteiger partial charge on any atom is 0.231 e. The fraction of sp³-hybridized carbons (Fsp3) is 0.474. The van der Waals surface area contributed by atoms with Crippen LogP contribution in [0.2, 0.25) is 0 Å². The highest BCUT2D eigenvalue weighted by atomic mass is 16.7. The van der Waals surface area contributed by atoms with Gasteiger partial charge in [0.05, 0.1) is 12.1 Å². The Hall–Kier alpha value is -2.34. The van der Waals surface area contributed by atoms with E-state index in [-0.39, 0.29) is 12.7 Å². The number of hydrogen-bond donors (Lipinski definition) is 0. The van der Waals surface area contributed by atoms with Crippen molar-refractivity contribution in [3.05, 3.63) is 29.5 Å². The molecule has 0 aliphatic carbocycles. The van der Waals surface area contributed by atoms with Crippen molar-refractivity contribution >= 4 is 16.8 Å². The molecule has 2 aliphatic rings. The molecular weight excluding hydrogens is 320 g/mol. The number of methoxy groups -OCH3 is 1. The quantitative estimate of drug-likeness (QED) is 0.834. The molecule has 25 heavy (non-hydrogen) atoms. The van der Waals surface area contributed by atoms with E-state index in [1.807, 2.05) is 24.0 Å². The first kappa shape index (κ1) is 16.1. The maximum atomic E-state index is 12.2. The summed E-state index contributed by atoms with van der Waals surface area (Å²) in [5, 5.41) is 1.08. The number of aromatic nitrogens is 1. The number of carbonyl (C=O) groups excluding carboxylic acids is 1. The van der Waals surface area contributed by atoms with Crippen LogP contribution in [0.15, 0.2) is 18.2 Å². The lowest BCUT2D eigenvalue weighted by atomic mass is 9.95. The van der Waals surface area contributed by atoms with E-state index in [0.29, 0.717) is 25.5 Å². The first-order chi connectivity index (χ1) is 12.1. The van der Waals surface area contributed by atoms with Gasteiger partial charge in [-0.15, -0.1) is 0 Å². The summed E-state index contributed by atoms with van der Waals surface area (Å²) in [5.74, 6) is 2.05. The second-order valence-corrected chi connectivity index (χ2v) is 6.75. The number of ether oxygens (including phenoxy) is 3. The predicted octanol–water partition coefficient (Wildman–Crippen LogP) is 2.31. The second-order valence-electron chi connectivity index (χ2n) is 6.75. The molecule has 132 valence electrons. The van der Waals surface area contributed by atoms with Crippen molar-refractivity contribution in [1.29, 1.82) is 0 Å². The molecule has 0 unspecified atom stereocenters. The molecule has 1 saturated heterocycles. The van der Waals surface area contributed by atoms with Crippen LogP contribution in [0.25, 0.3) is 10.9 Å². The molecule has 1 aromatic carbocycles. The number of benzene rings is 1. The van der Waals surface area contributed by atoms with Crippen LogP contribution in [0.4, 0.5) is 0 Å². The summed E-state index contributed by atoms with van der Waals surface area (Å²) in [5.41, 5.74) is 3.11. The van der Waals surface area contributed by atoms with E-state index in [0.717, 1.165) is 41.1 Å². The van der Waals surface area contributed by atoms with Gasteiger partial charge in [-0.25, -0.2) is 0 Å². The number of aryl methyl sites for hydroxylation is 1. The minimum atomic E-state index is 0.217. The Morgan fingerprint density at radius 1 is 1.28 bits per heavy atom. The molecule has 6 heteroatoms. The molecule has 0 saturated carbocycles. The average molecular weight is 342 g/mol. The van der Waals surface area contributed by atoms with Crippen molar-refractivity contribution in [2.75, 3.05) is 33.6 Å². The Balaban J connectivity index is 1.60. The molecule has 1 fully saturated rings. The molecule has 1 amide bonds. The average Bonchev–Trinajstić information content (AvgIpc) is 3.17. The lowest BCUT2D eigenvalue weighted by Crippen LogP contribution is -2.28. The summed E-state index contributed by atoms with van der Waals surface area (Å²) in [6.07, 6.45) is 1.45. The van der Waals surface area contributed by atoms with Crippen molar-refractivity contribution in [2.24, 2.45) is 5.92 Å². The normalized spacial score (nSPS) is 19.2. The third-order valence-electron chi connectivity index (χ3n) is 4.89. The minimum Gasteiger partial charge on any atom is -0.454 e. The summed E-state index contributed by atoms with van der Waals surface area (Å²) in [7, 11) is 1.66. The number of amides is 1. The Morgan fingerprint density at radius 3 is 2.88 bits per heavy atom. The number of nitrogens with zero attached hydrogens (tertiary/aromatic N) is 2. The van der Waals surface area contributed by atoms with Crippen molar-refractivity contribution in [3.63, 3.8) is 0 Å². The molecule has 1 aromatic heterocycles. The van der Waals surface area contributed by atoms with Gasteiger partial charge in [-0.2, -0.15) is 0 Å². The van der Waals surface area contributed by atoms with Crippen LogP contribution in [0.5, 0.6) is 11.5 Å². The zero-order valence-corrected chi connectivity index (χ0v) is 14.6. The number of pyridine rings is 1. The lowest BCUT2D eigenvalue weighted by molar-refractivity contribution is -0.128. The van der Waals surface area contributed by atoms with Crippen LogP contribution < -0.4 is 9.47 Å². The van der Waals surface area contributed by atoms with Crippen molar-refractivity contribution in [2.45, 2.75) is 19.8 Å². The second kappa shape index (κ2) is 6.52. The van der Waals surface area contributed by atoms with Gasteiger partial charge in [0, 0.05) is 43.8 Å². The topological polar surface area (TPSA) is 60.9 Å². The number of fused-ring (bicyclic) bond motifs is 2. The van der Waals surface area contributed by atoms with Crippen molar-refractivity contribution in [3.8, 4) is 11.5 Å². The van der Waals surface area contributed by atoms with E-state index in [4.69, 9.17) is 14.2 Å². The minimum absolute atomic E-state index is 0.217. The van der Waals surface area contributed by atoms with Crippen LogP contribution in [0.3, 0.4) is 0 Å². The summed E-state index contributed by atoms with van der Waals surface area (Å²) in [4.78, 5) is 18.7. The molecule has 2 aromatic rings. The molecule has 0 N–H and O–H groups in total. The number of hydrogen-bond acceptors (Lipinski definition) is 5. The van der Waals surface area contributed by atoms with Crippen LogP contribution in [0.1, 0.15) is 17.7 Å². The third kappa shape index (κ3) is 3.14. The highest BCUT2D eigenvalue weighted by Crippen LogP contribution is 2.37. The first-order valence-electron chi connectivity index (χ1n) is 8.60. The van der Waals surface area contributed by atoms with Crippen LogP contribution >= 0.6 is 0 Å². The van der Waals surface area contributed by atoms with E-state index in [1.165, 1.54) is 5.56 Å². The van der Waals surface area contributed by atoms with Crippen LogP contribution in [-0.4, -0.2) is 49.4 Å². The summed E-state index contributed by atoms with van der Waals surface area (Å²) < 4.78 is 16.1. The summed E-state index contributed by atoms with van der Waals surface area (Å²) in [6.45, 7) is 4.29. The Kier molecular flexibility index (Phi) is 4.21. The summed E-state index contributed by atoms with van der Waals surface area (Å²) >= 11 is 0. The van der Waals surface area contributed by atoms with E-state index < -0.39 is 0 Å². The number of rotatable bonds is 5. The van der Waals surface area contributed by atoms with Gasteiger partial charge in [0.25, 0.3) is 0 Å². The van der Waals surface area contributed by atoms with Gasteiger partial charge in [-0.3, -0.25) is 9.78 Å². The highest BCUT2D eigenvalue weighted by Gasteiger charge is 2.30. The molecule has 1 atom stereocenters. The first-order valence-corrected chi connectivity index (χ1v) is 8.60. The van der Waals surface area contributed by atoms with E-state index in [1.54, 1.807) is 7.11 Å². The van der Waals surface area contributed by atoms with Crippen LogP contribution in [-0.2, 0) is 16.0 Å². The van der Waals surface area contributed by atoms with Gasteiger partial charge in [0.2, 0.25) is 12.7 Å². The molecule has 3 heterocycles. The third-order valence-corrected chi connectivity index (χ3v) is 4.89. The molecule has 0 radical (unpaired) electrons. The number of likely N-dealkylation sites (tertiary alicyclic amines) is 1. The molecule has 6 nitrogen and oxygen atoms in total. The SMILES string of the molecule is COCCN1C[C@H](Cc2cc(C)nc3cc4c(cc23)OCO4)CC1=O. The summed E-state index contributed by atoms with van der Waals surface area (Å²) in [6, 6.07) is 6.07. The standard InChI is InChI=1S/C19H22N2O4/c1-12-5-14(6-13-7-19(22)21(10-13)3-4-23-2)15-8-17-18(25-11-24-17)9-16(15)20-12/h5,8-9,13H,3-4,6-7,10-11H2,1-2H3/t13-/m1/s1. The fourth-order valence-corrected chi connectivity index (χ4v) is 3.72.